The van der Waals surface area contributed by atoms with E-state index in [1.54, 1.807) is 12.1 Å². The van der Waals surface area contributed by atoms with Crippen molar-refractivity contribution >= 4 is 21.6 Å². The highest BCUT2D eigenvalue weighted by atomic mass is 32.2. The molecule has 1 aromatic carbocycles. The molecule has 0 saturated carbocycles. The Morgan fingerprint density at radius 3 is 2.52 bits per heavy atom. The predicted octanol–water partition coefficient (Wildman–Crippen LogP) is 1.57. The van der Waals surface area contributed by atoms with Gasteiger partial charge in [0.25, 0.3) is 5.91 Å². The van der Waals surface area contributed by atoms with Gasteiger partial charge >= 0.3 is 0 Å². The fraction of sp³-hybridized carbons (Fsp3) is 0.353. The number of carbonyl (C=O) groups excluding carboxylic acids is 1. The monoisotopic (exact) mass is 360 g/mol. The molecule has 1 amide bonds. The second kappa shape index (κ2) is 7.18. The van der Waals surface area contributed by atoms with Gasteiger partial charge in [-0.2, -0.15) is 0 Å². The molecule has 2 heterocycles. The average Bonchev–Trinajstić information content (AvgIpc) is 2.94. The molecule has 0 radical (unpaired) electrons. The summed E-state index contributed by atoms with van der Waals surface area (Å²) in [6.07, 6.45) is 0.440. The summed E-state index contributed by atoms with van der Waals surface area (Å²) in [5.41, 5.74) is 1.29. The third kappa shape index (κ3) is 4.54. The van der Waals surface area contributed by atoms with E-state index in [4.69, 9.17) is 0 Å². The Morgan fingerprint density at radius 1 is 1.16 bits per heavy atom. The quantitative estimate of drug-likeness (QED) is 0.839. The van der Waals surface area contributed by atoms with Crippen LogP contribution in [0, 0.1) is 0 Å². The third-order valence-electron chi connectivity index (χ3n) is 4.13. The predicted molar refractivity (Wildman–Crippen MR) is 95.0 cm³/mol. The topological polar surface area (TPSA) is 101 Å². The fourth-order valence-corrected chi connectivity index (χ4v) is 4.42. The fourth-order valence-electron chi connectivity index (χ4n) is 2.75. The van der Waals surface area contributed by atoms with Crippen molar-refractivity contribution < 1.29 is 13.2 Å². The second-order valence-corrected chi connectivity index (χ2v) is 8.38. The molecule has 2 N–H and O–H groups in total. The molecular weight excluding hydrogens is 340 g/mol. The van der Waals surface area contributed by atoms with Crippen molar-refractivity contribution in [3.8, 4) is 0 Å². The minimum absolute atomic E-state index is 0.0135. The highest BCUT2D eigenvalue weighted by Gasteiger charge is 2.29. The van der Waals surface area contributed by atoms with Gasteiger partial charge in [0.2, 0.25) is 0 Å². The van der Waals surface area contributed by atoms with E-state index in [1.165, 1.54) is 0 Å². The van der Waals surface area contributed by atoms with E-state index in [9.17, 15) is 13.2 Å². The second-order valence-electron chi connectivity index (χ2n) is 6.15. The lowest BCUT2D eigenvalue weighted by molar-refractivity contribution is 0.0935. The van der Waals surface area contributed by atoms with Crippen LogP contribution < -0.4 is 10.6 Å². The molecule has 8 heteroatoms. The molecule has 1 saturated heterocycles. The molecule has 2 unspecified atom stereocenters. The summed E-state index contributed by atoms with van der Waals surface area (Å²) in [6, 6.07) is 12.9. The number of hydrogen-bond donors (Lipinski definition) is 2. The molecule has 1 aromatic heterocycles. The number of benzene rings is 1. The molecule has 1 fully saturated rings. The summed E-state index contributed by atoms with van der Waals surface area (Å²) in [5, 5.41) is 13.9. The van der Waals surface area contributed by atoms with Gasteiger partial charge in [0.05, 0.1) is 11.5 Å². The molecule has 0 aliphatic carbocycles. The molecule has 2 aromatic rings. The summed E-state index contributed by atoms with van der Waals surface area (Å²) >= 11 is 0. The highest BCUT2D eigenvalue weighted by Crippen LogP contribution is 2.17. The zero-order chi connectivity index (χ0) is 17.9. The maximum Gasteiger partial charge on any atom is 0.272 e. The number of carbonyl (C=O) groups is 1. The zero-order valence-corrected chi connectivity index (χ0v) is 14.7. The highest BCUT2D eigenvalue weighted by molar-refractivity contribution is 7.91. The van der Waals surface area contributed by atoms with Gasteiger partial charge in [0.15, 0.2) is 15.5 Å². The van der Waals surface area contributed by atoms with E-state index >= 15 is 0 Å². The van der Waals surface area contributed by atoms with Crippen LogP contribution in [0.3, 0.4) is 0 Å². The van der Waals surface area contributed by atoms with Crippen LogP contribution in [0.15, 0.2) is 42.5 Å². The number of anilines is 1. The van der Waals surface area contributed by atoms with E-state index in [1.807, 2.05) is 37.3 Å². The first-order chi connectivity index (χ1) is 11.9. The molecule has 132 valence electrons. The van der Waals surface area contributed by atoms with E-state index in [2.05, 4.69) is 20.8 Å². The minimum Gasteiger partial charge on any atom is -0.362 e. The molecule has 0 bridgehead atoms. The smallest absolute Gasteiger partial charge is 0.272 e. The molecule has 25 heavy (non-hydrogen) atoms. The van der Waals surface area contributed by atoms with Crippen LogP contribution in [-0.4, -0.2) is 42.1 Å². The number of aromatic nitrogens is 2. The maximum absolute atomic E-state index is 12.1. The van der Waals surface area contributed by atoms with Gasteiger partial charge in [0.1, 0.15) is 5.82 Å². The Labute approximate surface area is 146 Å². The number of rotatable bonds is 5. The normalized spacial score (nSPS) is 20.0. The lowest BCUT2D eigenvalue weighted by Gasteiger charge is -2.14. The summed E-state index contributed by atoms with van der Waals surface area (Å²) in [4.78, 5) is 12.1. The van der Waals surface area contributed by atoms with Crippen LogP contribution in [0.1, 0.15) is 35.4 Å². The summed E-state index contributed by atoms with van der Waals surface area (Å²) in [6.45, 7) is 2.01. The van der Waals surface area contributed by atoms with Gasteiger partial charge < -0.3 is 10.6 Å². The first-order valence-electron chi connectivity index (χ1n) is 8.09. The third-order valence-corrected chi connectivity index (χ3v) is 5.90. The number of sulfone groups is 1. The van der Waals surface area contributed by atoms with E-state index < -0.39 is 15.7 Å². The largest absolute Gasteiger partial charge is 0.362 e. The lowest BCUT2D eigenvalue weighted by Crippen LogP contribution is -2.36. The zero-order valence-electron chi connectivity index (χ0n) is 13.8. The molecular formula is C17H20N4O3S. The standard InChI is InChI=1S/C17H20N4O3S/c1-12(13-5-3-2-4-6-13)18-16-8-7-15(20-21-16)17(22)19-14-9-10-25(23,24)11-14/h2-8,12,14H,9-11H2,1H3,(H,18,21)(H,19,22). The maximum atomic E-state index is 12.1. The van der Waals surface area contributed by atoms with Crippen LogP contribution in [-0.2, 0) is 9.84 Å². The van der Waals surface area contributed by atoms with Gasteiger partial charge in [-0.1, -0.05) is 30.3 Å². The molecule has 7 nitrogen and oxygen atoms in total. The number of amides is 1. The van der Waals surface area contributed by atoms with Crippen LogP contribution >= 0.6 is 0 Å². The lowest BCUT2D eigenvalue weighted by atomic mass is 10.1. The summed E-state index contributed by atoms with van der Waals surface area (Å²) in [5.74, 6) is 0.262. The molecule has 1 aliphatic heterocycles. The average molecular weight is 360 g/mol. The Hall–Kier alpha value is -2.48. The molecule has 1 aliphatic rings. The van der Waals surface area contributed by atoms with Crippen molar-refractivity contribution in [3.63, 3.8) is 0 Å². The first kappa shape index (κ1) is 17.3. The van der Waals surface area contributed by atoms with Crippen molar-refractivity contribution in [2.45, 2.75) is 25.4 Å². The van der Waals surface area contributed by atoms with Gasteiger partial charge in [-0.05, 0) is 31.0 Å². The number of nitrogens with one attached hydrogen (secondary N) is 2. The van der Waals surface area contributed by atoms with Gasteiger partial charge in [-0.3, -0.25) is 4.79 Å². The molecule has 3 rings (SSSR count). The van der Waals surface area contributed by atoms with E-state index in [0.29, 0.717) is 12.2 Å². The van der Waals surface area contributed by atoms with E-state index in [0.717, 1.165) is 5.56 Å². The first-order valence-corrected chi connectivity index (χ1v) is 9.91. The SMILES string of the molecule is CC(Nc1ccc(C(=O)NC2CCS(=O)(=O)C2)nn1)c1ccccc1. The Morgan fingerprint density at radius 2 is 1.92 bits per heavy atom. The van der Waals surface area contributed by atoms with Crippen molar-refractivity contribution in [2.24, 2.45) is 0 Å². The van der Waals surface area contributed by atoms with Crippen LogP contribution in [0.5, 0.6) is 0 Å². The summed E-state index contributed by atoms with van der Waals surface area (Å²) < 4.78 is 22.9. The van der Waals surface area contributed by atoms with E-state index in [-0.39, 0.29) is 29.3 Å². The molecule has 2 atom stereocenters. The van der Waals surface area contributed by atoms with Crippen LogP contribution in [0.2, 0.25) is 0 Å². The Bertz CT molecular complexity index is 838. The Balaban J connectivity index is 1.59. The van der Waals surface area contributed by atoms with Crippen molar-refractivity contribution in [2.75, 3.05) is 16.8 Å². The van der Waals surface area contributed by atoms with Crippen molar-refractivity contribution in [1.82, 2.24) is 15.5 Å². The summed E-state index contributed by atoms with van der Waals surface area (Å²) in [7, 11) is -3.03. The number of nitrogens with zero attached hydrogens (tertiary/aromatic N) is 2. The van der Waals surface area contributed by atoms with Gasteiger partial charge in [0, 0.05) is 12.1 Å². The number of hydrogen-bond acceptors (Lipinski definition) is 6. The van der Waals surface area contributed by atoms with Crippen LogP contribution in [0.4, 0.5) is 5.82 Å². The van der Waals surface area contributed by atoms with Crippen molar-refractivity contribution in [1.29, 1.82) is 0 Å². The Kier molecular flexibility index (Phi) is 4.98. The molecule has 0 spiro atoms. The van der Waals surface area contributed by atoms with Gasteiger partial charge in [-0.25, -0.2) is 8.42 Å². The van der Waals surface area contributed by atoms with Crippen LogP contribution in [0.25, 0.3) is 0 Å². The minimum atomic E-state index is -3.03. The van der Waals surface area contributed by atoms with Gasteiger partial charge in [-0.15, -0.1) is 10.2 Å². The van der Waals surface area contributed by atoms with Crippen molar-refractivity contribution in [3.05, 3.63) is 53.7 Å².